The van der Waals surface area contributed by atoms with Crippen LogP contribution in [0.25, 0.3) is 27.1 Å². The van der Waals surface area contributed by atoms with Crippen LogP contribution in [0.4, 0.5) is 11.4 Å². The van der Waals surface area contributed by atoms with Crippen molar-refractivity contribution in [2.24, 2.45) is 14.1 Å². The van der Waals surface area contributed by atoms with Crippen LogP contribution in [-0.2, 0) is 24.9 Å². The van der Waals surface area contributed by atoms with Crippen molar-refractivity contribution < 1.29 is 10.4 Å². The predicted octanol–water partition coefficient (Wildman–Crippen LogP) is 8.17. The number of benzene rings is 4. The molecule has 1 aromatic heterocycles. The molecule has 7 nitrogen and oxygen atoms in total. The van der Waals surface area contributed by atoms with Gasteiger partial charge in [-0.15, -0.1) is 0 Å². The van der Waals surface area contributed by atoms with E-state index in [4.69, 9.17) is 0 Å². The monoisotopic (exact) mass is 734 g/mol. The van der Waals surface area contributed by atoms with Crippen LogP contribution in [0.15, 0.2) is 124 Å². The summed E-state index contributed by atoms with van der Waals surface area (Å²) in [6, 6.07) is 26.0. The van der Waals surface area contributed by atoms with Gasteiger partial charge in [-0.1, -0.05) is 101 Å². The summed E-state index contributed by atoms with van der Waals surface area (Å²) in [5.41, 5.74) is 7.21. The van der Waals surface area contributed by atoms with E-state index in [-0.39, 0.29) is 16.4 Å². The zero-order valence-electron chi connectivity index (χ0n) is 33.6. The molecule has 2 N–H and O–H groups in total. The van der Waals surface area contributed by atoms with Gasteiger partial charge in [-0.05, 0) is 119 Å². The molecule has 7 heteroatoms. The summed E-state index contributed by atoms with van der Waals surface area (Å²) in [7, 11) is 2.91. The molecule has 1 aliphatic heterocycles. The van der Waals surface area contributed by atoms with Gasteiger partial charge in [-0.2, -0.15) is 0 Å². The normalized spacial score (nSPS) is 17.4. The van der Waals surface area contributed by atoms with E-state index in [0.29, 0.717) is 12.0 Å². The van der Waals surface area contributed by atoms with Crippen LogP contribution in [0, 0.1) is 0 Å². The molecule has 0 saturated carbocycles. The molecule has 2 heterocycles. The van der Waals surface area contributed by atoms with Crippen LogP contribution in [0.5, 0.6) is 5.88 Å². The zero-order valence-corrected chi connectivity index (χ0v) is 33.6. The lowest BCUT2D eigenvalue weighted by atomic mass is 9.77. The average molecular weight is 735 g/mol. The third kappa shape index (κ3) is 6.48. The molecule has 2 aliphatic rings. The van der Waals surface area contributed by atoms with Crippen LogP contribution in [0.3, 0.4) is 0 Å². The van der Waals surface area contributed by atoms with Gasteiger partial charge in [0, 0.05) is 43.0 Å². The Morgan fingerprint density at radius 1 is 0.855 bits per heavy atom. The molecular formula is C48H54N4O3. The van der Waals surface area contributed by atoms with Crippen LogP contribution >= 0.6 is 0 Å². The average Bonchev–Trinajstić information content (AvgIpc) is 3.40. The molecule has 0 saturated heterocycles. The zero-order chi connectivity index (χ0) is 39.2. The highest BCUT2D eigenvalue weighted by Gasteiger charge is 2.40. The van der Waals surface area contributed by atoms with Gasteiger partial charge in [0.15, 0.2) is 0 Å². The molecule has 0 unspecified atom stereocenters. The maximum absolute atomic E-state index is 14.0. The van der Waals surface area contributed by atoms with Crippen molar-refractivity contribution in [1.82, 2.24) is 9.13 Å². The van der Waals surface area contributed by atoms with E-state index >= 15 is 0 Å². The second-order valence-electron chi connectivity index (χ2n) is 16.3. The summed E-state index contributed by atoms with van der Waals surface area (Å²) in [5, 5.41) is 21.2. The maximum Gasteiger partial charge on any atom is 0.329 e. The fourth-order valence-electron chi connectivity index (χ4n) is 9.21. The number of quaternary nitrogens is 1. The highest BCUT2D eigenvalue weighted by Crippen LogP contribution is 2.51. The first-order valence-corrected chi connectivity index (χ1v) is 19.8. The number of nitrogens with two attached hydrogens (primary N) is 1. The molecule has 7 rings (SSSR count). The Hall–Kier alpha value is -5.40. The van der Waals surface area contributed by atoms with Crippen LogP contribution < -0.4 is 26.6 Å². The molecule has 1 aliphatic carbocycles. The second kappa shape index (κ2) is 14.7. The lowest BCUT2D eigenvalue weighted by Gasteiger charge is -2.29. The molecule has 55 heavy (non-hydrogen) atoms. The number of fused-ring (bicyclic) bond motifs is 4. The minimum atomic E-state index is -0.618. The smallest absolute Gasteiger partial charge is 0.329 e. The van der Waals surface area contributed by atoms with Crippen LogP contribution in [-0.4, -0.2) is 22.2 Å². The fourth-order valence-corrected chi connectivity index (χ4v) is 9.21. The van der Waals surface area contributed by atoms with Crippen molar-refractivity contribution in [3.63, 3.8) is 0 Å². The topological polar surface area (TPSA) is 86.9 Å². The first-order chi connectivity index (χ1) is 26.3. The van der Waals surface area contributed by atoms with Gasteiger partial charge in [0.1, 0.15) is 5.69 Å². The van der Waals surface area contributed by atoms with Crippen molar-refractivity contribution >= 4 is 38.5 Å². The lowest BCUT2D eigenvalue weighted by Crippen LogP contribution is -2.77. The van der Waals surface area contributed by atoms with Gasteiger partial charge in [0.25, 0.3) is 5.56 Å². The number of anilines is 1. The summed E-state index contributed by atoms with van der Waals surface area (Å²) < 4.78 is 2.12. The molecule has 0 spiro atoms. The third-order valence-electron chi connectivity index (χ3n) is 11.9. The van der Waals surface area contributed by atoms with Crippen molar-refractivity contribution in [2.45, 2.75) is 78.1 Å². The number of hydrogen-bond donors (Lipinski definition) is 1. The fraction of sp³-hybridized carbons (Fsp3) is 0.333. The standard InChI is InChI=1S/C48H54N4O3/c1-9-49-37-27-24-31-17-11-13-22-35(31)42(37)47(3,4)30-16-21-33-19-15-20-34(40(33)41-44(53)50(7)46(55)51(8)45(41)54)26-29-39-48(5,6)43-36-23-14-12-18-32(36)25-28-38(43)52(39)10-2/h11-14,16-18,21-29,49,53H,9-10,15,19-20,30H2,1-8H3/b21-16+,34-26+,39-29+. The van der Waals surface area contributed by atoms with Gasteiger partial charge in [0.2, 0.25) is 0 Å². The summed E-state index contributed by atoms with van der Waals surface area (Å²) in [6.07, 6.45) is 11.8. The molecular weight excluding hydrogens is 681 g/mol. The van der Waals surface area contributed by atoms with Gasteiger partial charge in [0.05, 0.1) is 12.1 Å². The number of nitrogens with zero attached hydrogens (tertiary/aromatic N) is 3. The van der Waals surface area contributed by atoms with Crippen molar-refractivity contribution in [2.75, 3.05) is 18.0 Å². The Morgan fingerprint density at radius 2 is 1.53 bits per heavy atom. The van der Waals surface area contributed by atoms with Gasteiger partial charge in [-0.3, -0.25) is 9.36 Å². The van der Waals surface area contributed by atoms with E-state index in [1.165, 1.54) is 63.8 Å². The number of likely N-dealkylation sites (N-methyl/N-ethyl adjacent to an activating group) is 1. The quantitative estimate of drug-likeness (QED) is 0.155. The minimum absolute atomic E-state index is 0.0639. The van der Waals surface area contributed by atoms with E-state index in [1.54, 1.807) is 0 Å². The van der Waals surface area contributed by atoms with E-state index in [0.717, 1.165) is 52.6 Å². The molecule has 0 fully saturated rings. The summed E-state index contributed by atoms with van der Waals surface area (Å²) in [6.45, 7) is 15.2. The largest absolute Gasteiger partial charge is 0.859 e. The SMILES string of the molecule is CC[NH2+]c1ccc2ccccc2c1C(C)(C)C/C=C/C1=C(c2c([O-])n(C)c(=O)n(C)c2=O)C(=C/C=C2/N(CC)c3ccc4ccccc4c3C2(C)C)/CCC1. The molecule has 0 amide bonds. The Labute approximate surface area is 324 Å². The Bertz CT molecular complexity index is 2580. The number of hydrogen-bond acceptors (Lipinski definition) is 4. The molecule has 0 bridgehead atoms. The summed E-state index contributed by atoms with van der Waals surface area (Å²) >= 11 is 0. The van der Waals surface area contributed by atoms with Gasteiger partial charge < -0.3 is 19.9 Å². The molecule has 0 atom stereocenters. The Kier molecular flexibility index (Phi) is 10.1. The molecule has 4 aromatic carbocycles. The van der Waals surface area contributed by atoms with Crippen LogP contribution in [0.1, 0.15) is 83.9 Å². The molecule has 284 valence electrons. The van der Waals surface area contributed by atoms with Crippen molar-refractivity contribution in [1.29, 1.82) is 0 Å². The van der Waals surface area contributed by atoms with Crippen molar-refractivity contribution in [3.05, 3.63) is 151 Å². The highest BCUT2D eigenvalue weighted by atomic mass is 16.3. The lowest BCUT2D eigenvalue weighted by molar-refractivity contribution is -0.568. The molecule has 0 radical (unpaired) electrons. The third-order valence-corrected chi connectivity index (χ3v) is 11.9. The van der Waals surface area contributed by atoms with E-state index in [9.17, 15) is 14.7 Å². The molecule has 5 aromatic rings. The maximum atomic E-state index is 14.0. The number of aromatic nitrogens is 2. The van der Waals surface area contributed by atoms with E-state index in [2.05, 4.69) is 149 Å². The number of rotatable bonds is 9. The Balaban J connectivity index is 1.37. The van der Waals surface area contributed by atoms with Crippen molar-refractivity contribution in [3.8, 4) is 5.88 Å². The van der Waals surface area contributed by atoms with Crippen LogP contribution in [0.2, 0.25) is 0 Å². The van der Waals surface area contributed by atoms with Gasteiger partial charge >= 0.3 is 5.69 Å². The Morgan fingerprint density at radius 3 is 2.24 bits per heavy atom. The minimum Gasteiger partial charge on any atom is -0.859 e. The predicted molar refractivity (Wildman–Crippen MR) is 226 cm³/mol. The van der Waals surface area contributed by atoms with E-state index in [1.807, 2.05) is 0 Å². The first-order valence-electron chi connectivity index (χ1n) is 19.8. The number of allylic oxidation sites excluding steroid dienone is 8. The van der Waals surface area contributed by atoms with Gasteiger partial charge in [-0.25, -0.2) is 4.79 Å². The first kappa shape index (κ1) is 37.9. The van der Waals surface area contributed by atoms with E-state index < -0.39 is 17.1 Å². The summed E-state index contributed by atoms with van der Waals surface area (Å²) in [5.74, 6) is -0.555. The second-order valence-corrected chi connectivity index (χ2v) is 16.3. The highest BCUT2D eigenvalue weighted by molar-refractivity contribution is 5.95. The summed E-state index contributed by atoms with van der Waals surface area (Å²) in [4.78, 5) is 29.2.